The predicted octanol–water partition coefficient (Wildman–Crippen LogP) is 4.01. The molecule has 0 aliphatic heterocycles. The van der Waals surface area contributed by atoms with Crippen molar-refractivity contribution in [3.8, 4) is 17.5 Å². The summed E-state index contributed by atoms with van der Waals surface area (Å²) >= 11 is 0. The second-order valence-electron chi connectivity index (χ2n) is 8.36. The number of hydrogen-bond acceptors (Lipinski definition) is 5. The van der Waals surface area contributed by atoms with Crippen molar-refractivity contribution in [2.45, 2.75) is 20.0 Å². The zero-order valence-corrected chi connectivity index (χ0v) is 20.6. The number of anilines is 2. The summed E-state index contributed by atoms with van der Waals surface area (Å²) in [5, 5.41) is 14.3. The minimum absolute atomic E-state index is 0.176. The number of para-hydroxylation sites is 1. The molecule has 2 N–H and O–H groups in total. The molecule has 4 aromatic rings. The van der Waals surface area contributed by atoms with E-state index in [2.05, 4.69) is 10.6 Å². The Morgan fingerprint density at radius 2 is 1.68 bits per heavy atom. The number of ether oxygens (including phenoxy) is 1. The molecule has 0 aliphatic rings. The zero-order chi connectivity index (χ0) is 26.5. The van der Waals surface area contributed by atoms with Gasteiger partial charge in [-0.2, -0.15) is 5.26 Å². The van der Waals surface area contributed by atoms with E-state index in [9.17, 15) is 14.4 Å². The monoisotopic (exact) mass is 495 g/mol. The Kier molecular flexibility index (Phi) is 7.21. The highest BCUT2D eigenvalue weighted by Crippen LogP contribution is 2.18. The fourth-order valence-electron chi connectivity index (χ4n) is 3.75. The van der Waals surface area contributed by atoms with Crippen molar-refractivity contribution in [2.24, 2.45) is 7.05 Å². The van der Waals surface area contributed by atoms with Gasteiger partial charge in [-0.3, -0.25) is 19.1 Å². The summed E-state index contributed by atoms with van der Waals surface area (Å²) in [5.74, 6) is -0.440. The maximum Gasteiger partial charge on any atom is 0.295 e. The summed E-state index contributed by atoms with van der Waals surface area (Å²) in [6, 6.07) is 24.0. The van der Waals surface area contributed by atoms with Crippen LogP contribution in [0.1, 0.15) is 28.5 Å². The highest BCUT2D eigenvalue weighted by Gasteiger charge is 2.20. The van der Waals surface area contributed by atoms with Crippen molar-refractivity contribution < 1.29 is 14.3 Å². The van der Waals surface area contributed by atoms with Gasteiger partial charge in [0.05, 0.1) is 23.0 Å². The maximum atomic E-state index is 13.1. The summed E-state index contributed by atoms with van der Waals surface area (Å²) in [6.07, 6.45) is -0.825. The number of rotatable bonds is 7. The number of amides is 2. The molecule has 186 valence electrons. The Balaban J connectivity index is 1.47. The van der Waals surface area contributed by atoms with Crippen LogP contribution in [0.4, 0.5) is 11.4 Å². The van der Waals surface area contributed by atoms with E-state index in [0.29, 0.717) is 28.4 Å². The molecule has 37 heavy (non-hydrogen) atoms. The Morgan fingerprint density at radius 3 is 2.35 bits per heavy atom. The van der Waals surface area contributed by atoms with Crippen LogP contribution in [0.15, 0.2) is 83.7 Å². The SMILES string of the molecule is Cc1c(NC(=O)c2cccc(NC(=O)C(C)Oc3ccc(C#N)cc3)c2)c(=O)n(-c2ccccc2)n1C. The minimum atomic E-state index is -0.825. The molecular weight excluding hydrogens is 470 g/mol. The van der Waals surface area contributed by atoms with E-state index in [1.165, 1.54) is 10.7 Å². The van der Waals surface area contributed by atoms with Crippen LogP contribution in [0.25, 0.3) is 5.69 Å². The lowest BCUT2D eigenvalue weighted by molar-refractivity contribution is -0.122. The van der Waals surface area contributed by atoms with Crippen LogP contribution >= 0.6 is 0 Å². The average Bonchev–Trinajstić information content (AvgIpc) is 3.12. The quantitative estimate of drug-likeness (QED) is 0.402. The first-order valence-corrected chi connectivity index (χ1v) is 11.5. The van der Waals surface area contributed by atoms with E-state index in [4.69, 9.17) is 10.00 Å². The molecule has 0 fully saturated rings. The number of nitrogens with one attached hydrogen (secondary N) is 2. The first-order valence-electron chi connectivity index (χ1n) is 11.5. The van der Waals surface area contributed by atoms with Gasteiger partial charge in [0, 0.05) is 18.3 Å². The molecule has 0 saturated heterocycles. The normalized spacial score (nSPS) is 11.3. The van der Waals surface area contributed by atoms with Crippen molar-refractivity contribution in [2.75, 3.05) is 10.6 Å². The third kappa shape index (κ3) is 5.44. The first kappa shape index (κ1) is 25.0. The number of aromatic nitrogens is 2. The van der Waals surface area contributed by atoms with Crippen LogP contribution in [0, 0.1) is 18.3 Å². The fraction of sp³-hybridized carbons (Fsp3) is 0.143. The molecule has 9 heteroatoms. The number of nitrogens with zero attached hydrogens (tertiary/aromatic N) is 3. The Labute approximate surface area is 213 Å². The Hall–Kier alpha value is -5.10. The lowest BCUT2D eigenvalue weighted by Gasteiger charge is -2.15. The van der Waals surface area contributed by atoms with E-state index >= 15 is 0 Å². The predicted molar refractivity (Wildman–Crippen MR) is 140 cm³/mol. The lowest BCUT2D eigenvalue weighted by atomic mass is 10.1. The van der Waals surface area contributed by atoms with E-state index in [-0.39, 0.29) is 16.8 Å². The topological polar surface area (TPSA) is 118 Å². The zero-order valence-electron chi connectivity index (χ0n) is 20.6. The number of carbonyl (C=O) groups excluding carboxylic acids is 2. The number of carbonyl (C=O) groups is 2. The Morgan fingerprint density at radius 1 is 0.973 bits per heavy atom. The second kappa shape index (κ2) is 10.7. The second-order valence-corrected chi connectivity index (χ2v) is 8.36. The first-order chi connectivity index (χ1) is 17.8. The van der Waals surface area contributed by atoms with Gasteiger partial charge in [0.15, 0.2) is 6.10 Å². The highest BCUT2D eigenvalue weighted by molar-refractivity contribution is 6.05. The van der Waals surface area contributed by atoms with Gasteiger partial charge in [-0.15, -0.1) is 0 Å². The highest BCUT2D eigenvalue weighted by atomic mass is 16.5. The van der Waals surface area contributed by atoms with Crippen molar-refractivity contribution in [3.05, 3.63) is 106 Å². The van der Waals surface area contributed by atoms with Crippen molar-refractivity contribution >= 4 is 23.2 Å². The van der Waals surface area contributed by atoms with Gasteiger partial charge in [-0.1, -0.05) is 24.3 Å². The van der Waals surface area contributed by atoms with Crippen LogP contribution in [0.3, 0.4) is 0 Å². The fourth-order valence-corrected chi connectivity index (χ4v) is 3.75. The molecule has 1 unspecified atom stereocenters. The summed E-state index contributed by atoms with van der Waals surface area (Å²) < 4.78 is 8.80. The standard InChI is InChI=1S/C28H25N5O4/c1-18-25(28(36)33(32(18)3)23-10-5-4-6-11-23)31-27(35)21-8-7-9-22(16-21)30-26(34)19(2)37-24-14-12-20(17-29)13-15-24/h4-16,19H,1-3H3,(H,30,34)(H,31,35). The van der Waals surface area contributed by atoms with Gasteiger partial charge in [0.1, 0.15) is 11.4 Å². The van der Waals surface area contributed by atoms with Gasteiger partial charge >= 0.3 is 0 Å². The molecule has 0 spiro atoms. The van der Waals surface area contributed by atoms with Gasteiger partial charge < -0.3 is 15.4 Å². The lowest BCUT2D eigenvalue weighted by Crippen LogP contribution is -2.30. The largest absolute Gasteiger partial charge is 0.481 e. The molecular formula is C28H25N5O4. The third-order valence-electron chi connectivity index (χ3n) is 5.85. The number of hydrogen-bond donors (Lipinski definition) is 2. The molecule has 4 rings (SSSR count). The molecule has 0 saturated carbocycles. The van der Waals surface area contributed by atoms with Crippen molar-refractivity contribution in [1.82, 2.24) is 9.36 Å². The van der Waals surface area contributed by atoms with Gasteiger partial charge in [-0.05, 0) is 68.4 Å². The molecule has 0 radical (unpaired) electrons. The molecule has 0 bridgehead atoms. The summed E-state index contributed by atoms with van der Waals surface area (Å²) in [4.78, 5) is 38.7. The smallest absolute Gasteiger partial charge is 0.295 e. The summed E-state index contributed by atoms with van der Waals surface area (Å²) in [5.41, 5.74) is 2.27. The maximum absolute atomic E-state index is 13.1. The Bertz CT molecular complexity index is 1550. The summed E-state index contributed by atoms with van der Waals surface area (Å²) in [6.45, 7) is 3.35. The summed E-state index contributed by atoms with van der Waals surface area (Å²) in [7, 11) is 1.75. The minimum Gasteiger partial charge on any atom is -0.481 e. The van der Waals surface area contributed by atoms with E-state index in [1.54, 1.807) is 68.0 Å². The van der Waals surface area contributed by atoms with E-state index in [1.807, 2.05) is 36.4 Å². The molecule has 1 atom stereocenters. The van der Waals surface area contributed by atoms with Crippen LogP contribution in [0.2, 0.25) is 0 Å². The molecule has 0 aliphatic carbocycles. The number of nitriles is 1. The van der Waals surface area contributed by atoms with Crippen LogP contribution < -0.4 is 20.9 Å². The van der Waals surface area contributed by atoms with Crippen LogP contribution in [0.5, 0.6) is 5.75 Å². The van der Waals surface area contributed by atoms with Crippen LogP contribution in [-0.4, -0.2) is 27.3 Å². The van der Waals surface area contributed by atoms with Crippen LogP contribution in [-0.2, 0) is 11.8 Å². The van der Waals surface area contributed by atoms with Crippen molar-refractivity contribution in [3.63, 3.8) is 0 Å². The average molecular weight is 496 g/mol. The van der Waals surface area contributed by atoms with E-state index in [0.717, 1.165) is 0 Å². The third-order valence-corrected chi connectivity index (χ3v) is 5.85. The van der Waals surface area contributed by atoms with Gasteiger partial charge in [0.25, 0.3) is 17.4 Å². The molecule has 3 aromatic carbocycles. The molecule has 2 amide bonds. The van der Waals surface area contributed by atoms with E-state index < -0.39 is 17.9 Å². The van der Waals surface area contributed by atoms with Crippen molar-refractivity contribution in [1.29, 1.82) is 5.26 Å². The molecule has 1 heterocycles. The molecule has 1 aromatic heterocycles. The number of benzene rings is 3. The van der Waals surface area contributed by atoms with Gasteiger partial charge in [-0.25, -0.2) is 4.68 Å². The molecule has 9 nitrogen and oxygen atoms in total. The van der Waals surface area contributed by atoms with Gasteiger partial charge in [0.2, 0.25) is 0 Å².